The zero-order chi connectivity index (χ0) is 19.3. The van der Waals surface area contributed by atoms with Crippen LogP contribution in [-0.2, 0) is 17.5 Å². The van der Waals surface area contributed by atoms with E-state index in [-0.39, 0.29) is 5.91 Å². The molecule has 142 valence electrons. The molecule has 2 aromatic rings. The highest BCUT2D eigenvalue weighted by molar-refractivity contribution is 5.91. The molecule has 0 bridgehead atoms. The summed E-state index contributed by atoms with van der Waals surface area (Å²) < 4.78 is 37.8. The highest BCUT2D eigenvalue weighted by Crippen LogP contribution is 2.29. The SMILES string of the molecule is O=C(/C=C/c1ccccc1)N1CCN(Cc2ccc(C(F)(F)F)cc2)CC1. The second-order valence-electron chi connectivity index (χ2n) is 6.54. The van der Waals surface area contributed by atoms with Crippen LogP contribution in [0.15, 0.2) is 60.7 Å². The van der Waals surface area contributed by atoms with Crippen molar-refractivity contribution in [2.24, 2.45) is 0 Å². The summed E-state index contributed by atoms with van der Waals surface area (Å²) in [6.45, 7) is 3.20. The minimum Gasteiger partial charge on any atom is -0.337 e. The molecule has 1 amide bonds. The maximum absolute atomic E-state index is 12.6. The number of rotatable bonds is 4. The van der Waals surface area contributed by atoms with E-state index in [0.717, 1.165) is 23.3 Å². The molecule has 0 aromatic heterocycles. The second-order valence-corrected chi connectivity index (χ2v) is 6.54. The lowest BCUT2D eigenvalue weighted by Gasteiger charge is -2.34. The largest absolute Gasteiger partial charge is 0.416 e. The van der Waals surface area contributed by atoms with Gasteiger partial charge in [0.2, 0.25) is 5.91 Å². The van der Waals surface area contributed by atoms with Crippen molar-refractivity contribution < 1.29 is 18.0 Å². The molecule has 27 heavy (non-hydrogen) atoms. The zero-order valence-corrected chi connectivity index (χ0v) is 14.8. The third-order valence-electron chi connectivity index (χ3n) is 4.59. The van der Waals surface area contributed by atoms with Crippen LogP contribution in [0.5, 0.6) is 0 Å². The predicted molar refractivity (Wildman–Crippen MR) is 98.8 cm³/mol. The molecule has 1 aliphatic heterocycles. The van der Waals surface area contributed by atoms with E-state index < -0.39 is 11.7 Å². The highest BCUT2D eigenvalue weighted by Gasteiger charge is 2.30. The molecule has 2 aromatic carbocycles. The standard InChI is InChI=1S/C21H21F3N2O/c22-21(23,24)19-9-6-18(7-10-19)16-25-12-14-26(15-13-25)20(27)11-8-17-4-2-1-3-5-17/h1-11H,12-16H2/b11-8+. The zero-order valence-electron chi connectivity index (χ0n) is 14.8. The van der Waals surface area contributed by atoms with E-state index in [1.165, 1.54) is 12.1 Å². The van der Waals surface area contributed by atoms with E-state index in [1.54, 1.807) is 17.1 Å². The Balaban J connectivity index is 1.48. The van der Waals surface area contributed by atoms with Crippen LogP contribution in [0.3, 0.4) is 0 Å². The number of amides is 1. The van der Waals surface area contributed by atoms with Gasteiger partial charge < -0.3 is 4.90 Å². The lowest BCUT2D eigenvalue weighted by molar-refractivity contribution is -0.137. The van der Waals surface area contributed by atoms with E-state index in [2.05, 4.69) is 4.90 Å². The predicted octanol–water partition coefficient (Wildman–Crippen LogP) is 4.06. The molecule has 6 heteroatoms. The number of benzene rings is 2. The van der Waals surface area contributed by atoms with E-state index >= 15 is 0 Å². The van der Waals surface area contributed by atoms with E-state index in [1.807, 2.05) is 30.3 Å². The summed E-state index contributed by atoms with van der Waals surface area (Å²) in [6, 6.07) is 14.9. The van der Waals surface area contributed by atoms with E-state index in [0.29, 0.717) is 32.7 Å². The first-order valence-electron chi connectivity index (χ1n) is 8.82. The first kappa shape index (κ1) is 19.2. The summed E-state index contributed by atoms with van der Waals surface area (Å²) in [5, 5.41) is 0. The molecular weight excluding hydrogens is 353 g/mol. The van der Waals surface area contributed by atoms with E-state index in [9.17, 15) is 18.0 Å². The molecular formula is C21H21F3N2O. The van der Waals surface area contributed by atoms with Crippen molar-refractivity contribution in [2.75, 3.05) is 26.2 Å². The summed E-state index contributed by atoms with van der Waals surface area (Å²) in [6.07, 6.45) is -0.921. The first-order chi connectivity index (χ1) is 12.9. The van der Waals surface area contributed by atoms with Crippen molar-refractivity contribution in [1.82, 2.24) is 9.80 Å². The minimum absolute atomic E-state index is 0.0203. The summed E-state index contributed by atoms with van der Waals surface area (Å²) in [5.41, 5.74) is 1.19. The molecule has 1 fully saturated rings. The van der Waals surface area contributed by atoms with Crippen LogP contribution in [0.2, 0.25) is 0 Å². The van der Waals surface area contributed by atoms with Crippen LogP contribution >= 0.6 is 0 Å². The topological polar surface area (TPSA) is 23.6 Å². The average molecular weight is 374 g/mol. The van der Waals surface area contributed by atoms with Gasteiger partial charge in [0.15, 0.2) is 0 Å². The number of alkyl halides is 3. The van der Waals surface area contributed by atoms with Crippen LogP contribution < -0.4 is 0 Å². The number of carbonyl (C=O) groups excluding carboxylic acids is 1. The van der Waals surface area contributed by atoms with Gasteiger partial charge in [0.05, 0.1) is 5.56 Å². The maximum Gasteiger partial charge on any atom is 0.416 e. The Morgan fingerprint density at radius 2 is 1.56 bits per heavy atom. The molecule has 0 N–H and O–H groups in total. The monoisotopic (exact) mass is 374 g/mol. The highest BCUT2D eigenvalue weighted by atomic mass is 19.4. The van der Waals surface area contributed by atoms with Gasteiger partial charge in [-0.15, -0.1) is 0 Å². The average Bonchev–Trinajstić information content (AvgIpc) is 2.67. The van der Waals surface area contributed by atoms with Gasteiger partial charge in [0, 0.05) is 38.8 Å². The van der Waals surface area contributed by atoms with Crippen LogP contribution in [0.25, 0.3) is 6.08 Å². The Kier molecular flexibility index (Phi) is 5.96. The summed E-state index contributed by atoms with van der Waals surface area (Å²) >= 11 is 0. The Morgan fingerprint density at radius 3 is 2.15 bits per heavy atom. The van der Waals surface area contributed by atoms with Gasteiger partial charge in [-0.3, -0.25) is 9.69 Å². The number of nitrogens with zero attached hydrogens (tertiary/aromatic N) is 2. The fourth-order valence-electron chi connectivity index (χ4n) is 3.02. The Bertz CT molecular complexity index is 777. The minimum atomic E-state index is -4.31. The van der Waals surface area contributed by atoms with Crippen molar-refractivity contribution in [1.29, 1.82) is 0 Å². The molecule has 0 spiro atoms. The number of carbonyl (C=O) groups is 1. The van der Waals surface area contributed by atoms with Gasteiger partial charge in [-0.25, -0.2) is 0 Å². The fraction of sp³-hybridized carbons (Fsp3) is 0.286. The van der Waals surface area contributed by atoms with Gasteiger partial charge in [0.25, 0.3) is 0 Å². The number of hydrogen-bond acceptors (Lipinski definition) is 2. The molecule has 3 rings (SSSR count). The third kappa shape index (κ3) is 5.44. The number of piperazine rings is 1. The van der Waals surface area contributed by atoms with Crippen molar-refractivity contribution in [3.05, 3.63) is 77.4 Å². The lowest BCUT2D eigenvalue weighted by atomic mass is 10.1. The molecule has 0 unspecified atom stereocenters. The quantitative estimate of drug-likeness (QED) is 0.754. The molecule has 1 aliphatic rings. The molecule has 1 heterocycles. The summed E-state index contributed by atoms with van der Waals surface area (Å²) in [7, 11) is 0. The number of halogens is 3. The third-order valence-corrected chi connectivity index (χ3v) is 4.59. The van der Waals surface area contributed by atoms with Crippen LogP contribution in [-0.4, -0.2) is 41.9 Å². The van der Waals surface area contributed by atoms with Crippen molar-refractivity contribution in [3.8, 4) is 0 Å². The fourth-order valence-corrected chi connectivity index (χ4v) is 3.02. The maximum atomic E-state index is 12.6. The second kappa shape index (κ2) is 8.39. The van der Waals surface area contributed by atoms with E-state index in [4.69, 9.17) is 0 Å². The van der Waals surface area contributed by atoms with Crippen molar-refractivity contribution in [2.45, 2.75) is 12.7 Å². The van der Waals surface area contributed by atoms with Gasteiger partial charge in [-0.1, -0.05) is 42.5 Å². The van der Waals surface area contributed by atoms with Crippen LogP contribution in [0.1, 0.15) is 16.7 Å². The van der Waals surface area contributed by atoms with Gasteiger partial charge >= 0.3 is 6.18 Å². The van der Waals surface area contributed by atoms with Crippen molar-refractivity contribution in [3.63, 3.8) is 0 Å². The Labute approximate surface area is 156 Å². The van der Waals surface area contributed by atoms with Crippen LogP contribution in [0, 0.1) is 0 Å². The van der Waals surface area contributed by atoms with Gasteiger partial charge in [0.1, 0.15) is 0 Å². The smallest absolute Gasteiger partial charge is 0.337 e. The Hall–Kier alpha value is -2.60. The first-order valence-corrected chi connectivity index (χ1v) is 8.82. The molecule has 0 radical (unpaired) electrons. The van der Waals surface area contributed by atoms with Gasteiger partial charge in [-0.2, -0.15) is 13.2 Å². The molecule has 0 atom stereocenters. The molecule has 0 aliphatic carbocycles. The lowest BCUT2D eigenvalue weighted by Crippen LogP contribution is -2.47. The van der Waals surface area contributed by atoms with Crippen LogP contribution in [0.4, 0.5) is 13.2 Å². The van der Waals surface area contributed by atoms with Crippen molar-refractivity contribution >= 4 is 12.0 Å². The number of hydrogen-bond donors (Lipinski definition) is 0. The van der Waals surface area contributed by atoms with Gasteiger partial charge in [-0.05, 0) is 29.3 Å². The summed E-state index contributed by atoms with van der Waals surface area (Å²) in [5.74, 6) is -0.0203. The normalized spacial score (nSPS) is 16.0. The molecule has 1 saturated heterocycles. The molecule has 3 nitrogen and oxygen atoms in total. The summed E-state index contributed by atoms with van der Waals surface area (Å²) in [4.78, 5) is 16.2. The Morgan fingerprint density at radius 1 is 0.926 bits per heavy atom. The molecule has 0 saturated carbocycles.